The van der Waals surface area contributed by atoms with E-state index in [9.17, 15) is 4.79 Å². The van der Waals surface area contributed by atoms with E-state index >= 15 is 0 Å². The van der Waals surface area contributed by atoms with Gasteiger partial charge < -0.3 is 16.3 Å². The van der Waals surface area contributed by atoms with Gasteiger partial charge in [0.2, 0.25) is 0 Å². The minimum absolute atomic E-state index is 0.0345. The zero-order chi connectivity index (χ0) is 14.4. The van der Waals surface area contributed by atoms with Gasteiger partial charge in [0.05, 0.1) is 0 Å². The SMILES string of the molecule is NC(=NO)c1cccc(CNC(=O)c2ccncc2)c1. The number of amides is 1. The Bertz CT molecular complexity index is 626. The van der Waals surface area contributed by atoms with Crippen LogP contribution in [0.5, 0.6) is 0 Å². The van der Waals surface area contributed by atoms with E-state index in [0.717, 1.165) is 5.56 Å². The second-order valence-corrected chi connectivity index (χ2v) is 4.10. The zero-order valence-electron chi connectivity index (χ0n) is 10.7. The van der Waals surface area contributed by atoms with E-state index < -0.39 is 0 Å². The summed E-state index contributed by atoms with van der Waals surface area (Å²) in [5.74, 6) is -0.145. The fourth-order valence-corrected chi connectivity index (χ4v) is 1.69. The van der Waals surface area contributed by atoms with E-state index in [0.29, 0.717) is 17.7 Å². The van der Waals surface area contributed by atoms with Gasteiger partial charge in [0, 0.05) is 30.1 Å². The lowest BCUT2D eigenvalue weighted by Crippen LogP contribution is -2.23. The molecule has 1 heterocycles. The van der Waals surface area contributed by atoms with E-state index in [1.165, 1.54) is 0 Å². The molecule has 0 unspecified atom stereocenters. The third-order valence-corrected chi connectivity index (χ3v) is 2.73. The predicted octanol–water partition coefficient (Wildman–Crippen LogP) is 1.11. The lowest BCUT2D eigenvalue weighted by atomic mass is 10.1. The quantitative estimate of drug-likeness (QED) is 0.335. The Kier molecular flexibility index (Phi) is 4.28. The average molecular weight is 270 g/mol. The predicted molar refractivity (Wildman–Crippen MR) is 74.4 cm³/mol. The number of oxime groups is 1. The van der Waals surface area contributed by atoms with E-state index in [2.05, 4.69) is 15.5 Å². The van der Waals surface area contributed by atoms with Crippen LogP contribution in [-0.2, 0) is 6.54 Å². The second-order valence-electron chi connectivity index (χ2n) is 4.10. The first-order valence-corrected chi connectivity index (χ1v) is 5.96. The molecule has 1 amide bonds. The summed E-state index contributed by atoms with van der Waals surface area (Å²) in [5, 5.41) is 14.4. The maximum Gasteiger partial charge on any atom is 0.251 e. The number of carbonyl (C=O) groups is 1. The topological polar surface area (TPSA) is 101 Å². The first-order valence-electron chi connectivity index (χ1n) is 5.96. The molecule has 1 aromatic carbocycles. The van der Waals surface area contributed by atoms with Crippen LogP contribution in [0.2, 0.25) is 0 Å². The molecule has 6 heteroatoms. The molecule has 0 saturated heterocycles. The highest BCUT2D eigenvalue weighted by molar-refractivity contribution is 5.97. The molecular weight excluding hydrogens is 256 g/mol. The molecule has 20 heavy (non-hydrogen) atoms. The monoisotopic (exact) mass is 270 g/mol. The number of nitrogens with zero attached hydrogens (tertiary/aromatic N) is 2. The smallest absolute Gasteiger partial charge is 0.251 e. The van der Waals surface area contributed by atoms with Crippen molar-refractivity contribution in [2.45, 2.75) is 6.54 Å². The van der Waals surface area contributed by atoms with Gasteiger partial charge >= 0.3 is 0 Å². The fourth-order valence-electron chi connectivity index (χ4n) is 1.69. The van der Waals surface area contributed by atoms with E-state index in [4.69, 9.17) is 10.9 Å². The summed E-state index contributed by atoms with van der Waals surface area (Å²) in [6.07, 6.45) is 3.13. The minimum Gasteiger partial charge on any atom is -0.409 e. The number of hydrogen-bond acceptors (Lipinski definition) is 4. The Morgan fingerprint density at radius 1 is 1.25 bits per heavy atom. The van der Waals surface area contributed by atoms with E-state index in [1.54, 1.807) is 42.7 Å². The Balaban J connectivity index is 2.03. The van der Waals surface area contributed by atoms with Gasteiger partial charge in [0.25, 0.3) is 5.91 Å². The highest BCUT2D eigenvalue weighted by Gasteiger charge is 2.05. The average Bonchev–Trinajstić information content (AvgIpc) is 2.53. The van der Waals surface area contributed by atoms with Crippen LogP contribution in [0, 0.1) is 0 Å². The van der Waals surface area contributed by atoms with Crippen molar-refractivity contribution in [2.24, 2.45) is 10.9 Å². The highest BCUT2D eigenvalue weighted by atomic mass is 16.4. The first-order chi connectivity index (χ1) is 9.70. The van der Waals surface area contributed by atoms with Crippen molar-refractivity contribution in [2.75, 3.05) is 0 Å². The highest BCUT2D eigenvalue weighted by Crippen LogP contribution is 2.05. The van der Waals surface area contributed by atoms with Gasteiger partial charge in [-0.15, -0.1) is 0 Å². The van der Waals surface area contributed by atoms with Crippen molar-refractivity contribution < 1.29 is 10.0 Å². The Morgan fingerprint density at radius 2 is 2.00 bits per heavy atom. The standard InChI is InChI=1S/C14H14N4O2/c15-13(18-20)12-3-1-2-10(8-12)9-17-14(19)11-4-6-16-7-5-11/h1-8,20H,9H2,(H2,15,18)(H,17,19). The lowest BCUT2D eigenvalue weighted by molar-refractivity contribution is 0.0951. The van der Waals surface area contributed by atoms with Gasteiger partial charge in [-0.3, -0.25) is 9.78 Å². The van der Waals surface area contributed by atoms with Crippen molar-refractivity contribution in [3.63, 3.8) is 0 Å². The Hall–Kier alpha value is -2.89. The second kappa shape index (κ2) is 6.33. The lowest BCUT2D eigenvalue weighted by Gasteiger charge is -2.06. The van der Waals surface area contributed by atoms with Crippen LogP contribution in [0.3, 0.4) is 0 Å². The molecule has 2 aromatic rings. The summed E-state index contributed by atoms with van der Waals surface area (Å²) in [4.78, 5) is 15.7. The Morgan fingerprint density at radius 3 is 2.70 bits per heavy atom. The van der Waals surface area contributed by atoms with Gasteiger partial charge in [-0.25, -0.2) is 0 Å². The van der Waals surface area contributed by atoms with E-state index in [1.807, 2.05) is 6.07 Å². The molecule has 6 nitrogen and oxygen atoms in total. The molecule has 0 aliphatic carbocycles. The molecule has 0 bridgehead atoms. The molecule has 0 saturated carbocycles. The summed E-state index contributed by atoms with van der Waals surface area (Å²) in [6.45, 7) is 0.355. The number of nitrogens with two attached hydrogens (primary N) is 1. The number of pyridine rings is 1. The first kappa shape index (κ1) is 13.5. The van der Waals surface area contributed by atoms with Crippen LogP contribution in [0.4, 0.5) is 0 Å². The summed E-state index contributed by atoms with van der Waals surface area (Å²) in [5.41, 5.74) is 7.52. The number of benzene rings is 1. The van der Waals surface area contributed by atoms with Crippen LogP contribution in [0.1, 0.15) is 21.5 Å². The molecule has 1 aromatic heterocycles. The fraction of sp³-hybridized carbons (Fsp3) is 0.0714. The van der Waals surface area contributed by atoms with Crippen molar-refractivity contribution in [1.29, 1.82) is 0 Å². The number of carbonyl (C=O) groups excluding carboxylic acids is 1. The number of hydrogen-bond donors (Lipinski definition) is 3. The Labute approximate surface area is 115 Å². The minimum atomic E-state index is -0.179. The maximum absolute atomic E-state index is 11.9. The van der Waals surface area contributed by atoms with Gasteiger partial charge in [0.1, 0.15) is 0 Å². The summed E-state index contributed by atoms with van der Waals surface area (Å²) < 4.78 is 0. The molecule has 102 valence electrons. The number of nitrogens with one attached hydrogen (secondary N) is 1. The van der Waals surface area contributed by atoms with Crippen molar-refractivity contribution in [3.8, 4) is 0 Å². The summed E-state index contributed by atoms with van der Waals surface area (Å²) in [6, 6.07) is 10.4. The molecule has 0 aliphatic rings. The van der Waals surface area contributed by atoms with Crippen LogP contribution in [-0.4, -0.2) is 21.9 Å². The van der Waals surface area contributed by atoms with E-state index in [-0.39, 0.29) is 11.7 Å². The van der Waals surface area contributed by atoms with Crippen molar-refractivity contribution in [1.82, 2.24) is 10.3 Å². The number of amidine groups is 1. The van der Waals surface area contributed by atoms with Gasteiger partial charge in [-0.1, -0.05) is 23.4 Å². The molecule has 0 aliphatic heterocycles. The summed E-state index contributed by atoms with van der Waals surface area (Å²) >= 11 is 0. The van der Waals surface area contributed by atoms with Gasteiger partial charge in [-0.2, -0.15) is 0 Å². The third kappa shape index (κ3) is 3.32. The molecule has 0 spiro atoms. The third-order valence-electron chi connectivity index (χ3n) is 2.73. The molecule has 0 atom stereocenters. The maximum atomic E-state index is 11.9. The van der Waals surface area contributed by atoms with Crippen molar-refractivity contribution in [3.05, 3.63) is 65.5 Å². The molecular formula is C14H14N4O2. The van der Waals surface area contributed by atoms with Crippen LogP contribution in [0.25, 0.3) is 0 Å². The van der Waals surface area contributed by atoms with Crippen LogP contribution >= 0.6 is 0 Å². The number of aromatic nitrogens is 1. The molecule has 4 N–H and O–H groups in total. The zero-order valence-corrected chi connectivity index (χ0v) is 10.7. The molecule has 0 fully saturated rings. The number of rotatable bonds is 4. The summed E-state index contributed by atoms with van der Waals surface area (Å²) in [7, 11) is 0. The van der Waals surface area contributed by atoms with Crippen LogP contribution < -0.4 is 11.1 Å². The van der Waals surface area contributed by atoms with Crippen molar-refractivity contribution >= 4 is 11.7 Å². The van der Waals surface area contributed by atoms with Crippen LogP contribution in [0.15, 0.2) is 53.9 Å². The van der Waals surface area contributed by atoms with Gasteiger partial charge in [0.15, 0.2) is 5.84 Å². The van der Waals surface area contributed by atoms with Gasteiger partial charge in [-0.05, 0) is 23.8 Å². The largest absolute Gasteiger partial charge is 0.409 e. The normalized spacial score (nSPS) is 11.1. The molecule has 0 radical (unpaired) electrons. The molecule has 2 rings (SSSR count).